The van der Waals surface area contributed by atoms with Gasteiger partial charge in [0.05, 0.1) is 49.8 Å². The Morgan fingerprint density at radius 1 is 1.06 bits per heavy atom. The fourth-order valence-electron chi connectivity index (χ4n) is 6.27. The third-order valence-corrected chi connectivity index (χ3v) is 8.93. The third-order valence-electron chi connectivity index (χ3n) is 8.93. The van der Waals surface area contributed by atoms with Crippen molar-refractivity contribution in [3.63, 3.8) is 0 Å². The van der Waals surface area contributed by atoms with E-state index >= 15 is 0 Å². The number of nitrogens with one attached hydrogen (secondary N) is 4. The second-order valence-electron chi connectivity index (χ2n) is 12.5. The van der Waals surface area contributed by atoms with Gasteiger partial charge in [0.1, 0.15) is 12.2 Å². The van der Waals surface area contributed by atoms with Crippen molar-refractivity contribution in [1.29, 1.82) is 0 Å². The van der Waals surface area contributed by atoms with Crippen LogP contribution in [0.5, 0.6) is 0 Å². The number of anilines is 2. The number of hydrogen-bond donors (Lipinski definition) is 6. The molecule has 248 valence electrons. The molecule has 1 unspecified atom stereocenters. The molecule has 6 N–H and O–H groups in total. The summed E-state index contributed by atoms with van der Waals surface area (Å²) in [6.07, 6.45) is 1.89. The Kier molecular flexibility index (Phi) is 8.02. The molecule has 0 aliphatic carbocycles. The van der Waals surface area contributed by atoms with E-state index in [1.54, 1.807) is 12.5 Å². The van der Waals surface area contributed by atoms with E-state index in [0.717, 1.165) is 21.7 Å². The normalized spacial score (nSPS) is 21.3. The molecule has 2 aliphatic heterocycles. The monoisotopic (exact) mass is 652 g/mol. The molecule has 7 rings (SSSR count). The molecule has 15 heteroatoms. The highest BCUT2D eigenvalue weighted by Crippen LogP contribution is 2.37. The SMILES string of the molecule is CC(C)(Nc1nc(NCC(c2ccccc2)c2ccccc2)c2ncn([C@]3(CN4C(=O)CNC4=O)OCC(O)[C@@H]3O)c2n1)c1cnc[nH]1. The fourth-order valence-corrected chi connectivity index (χ4v) is 6.27. The molecular formula is C33H36N10O5. The Bertz CT molecular complexity index is 1860. The van der Waals surface area contributed by atoms with E-state index in [9.17, 15) is 19.8 Å². The van der Waals surface area contributed by atoms with E-state index in [2.05, 4.69) is 55.2 Å². The summed E-state index contributed by atoms with van der Waals surface area (Å²) in [7, 11) is 0. The van der Waals surface area contributed by atoms with Crippen LogP contribution in [0, 0.1) is 0 Å². The quantitative estimate of drug-likeness (QED) is 0.114. The second kappa shape index (κ2) is 12.3. The largest absolute Gasteiger partial charge is 0.388 e. The van der Waals surface area contributed by atoms with E-state index in [0.29, 0.717) is 17.9 Å². The van der Waals surface area contributed by atoms with Crippen molar-refractivity contribution < 1.29 is 24.5 Å². The summed E-state index contributed by atoms with van der Waals surface area (Å²) in [6, 6.07) is 19.6. The number of aliphatic hydroxyl groups excluding tert-OH is 2. The van der Waals surface area contributed by atoms with Crippen molar-refractivity contribution in [1.82, 2.24) is 39.7 Å². The molecule has 2 fully saturated rings. The number of aromatic amines is 1. The number of urea groups is 1. The molecule has 5 aromatic rings. The maximum Gasteiger partial charge on any atom is 0.324 e. The number of rotatable bonds is 11. The summed E-state index contributed by atoms with van der Waals surface area (Å²) < 4.78 is 7.53. The topological polar surface area (TPSA) is 195 Å². The number of benzene rings is 2. The predicted octanol–water partition coefficient (Wildman–Crippen LogP) is 2.10. The van der Waals surface area contributed by atoms with Gasteiger partial charge in [0.2, 0.25) is 11.9 Å². The van der Waals surface area contributed by atoms with Crippen LogP contribution < -0.4 is 16.0 Å². The highest BCUT2D eigenvalue weighted by atomic mass is 16.6. The third kappa shape index (κ3) is 5.61. The number of nitrogens with zero attached hydrogens (tertiary/aromatic N) is 6. The summed E-state index contributed by atoms with van der Waals surface area (Å²) in [5.74, 6) is 0.0882. The summed E-state index contributed by atoms with van der Waals surface area (Å²) in [5, 5.41) is 31.4. The molecule has 48 heavy (non-hydrogen) atoms. The molecule has 2 aliphatic rings. The summed E-state index contributed by atoms with van der Waals surface area (Å²) in [6.45, 7) is 3.52. The number of carbonyl (C=O) groups is 2. The van der Waals surface area contributed by atoms with Gasteiger partial charge in [-0.2, -0.15) is 9.97 Å². The van der Waals surface area contributed by atoms with Crippen LogP contribution in [0.2, 0.25) is 0 Å². The van der Waals surface area contributed by atoms with Crippen LogP contribution in [-0.4, -0.2) is 95.0 Å². The van der Waals surface area contributed by atoms with Gasteiger partial charge in [-0.15, -0.1) is 0 Å². The molecule has 15 nitrogen and oxygen atoms in total. The van der Waals surface area contributed by atoms with E-state index in [-0.39, 0.29) is 37.2 Å². The lowest BCUT2D eigenvalue weighted by atomic mass is 9.91. The number of aromatic nitrogens is 6. The van der Waals surface area contributed by atoms with Gasteiger partial charge in [-0.05, 0) is 25.0 Å². The van der Waals surface area contributed by atoms with Gasteiger partial charge in [-0.25, -0.2) is 14.8 Å². The minimum atomic E-state index is -1.79. The van der Waals surface area contributed by atoms with Crippen LogP contribution in [0.25, 0.3) is 11.2 Å². The molecule has 2 saturated heterocycles. The number of amides is 3. The maximum absolute atomic E-state index is 12.7. The number of carbonyl (C=O) groups excluding carboxylic acids is 2. The van der Waals surface area contributed by atoms with Gasteiger partial charge >= 0.3 is 6.03 Å². The van der Waals surface area contributed by atoms with Gasteiger partial charge in [0, 0.05) is 12.5 Å². The number of hydrogen-bond acceptors (Lipinski definition) is 11. The molecule has 5 heterocycles. The molecule has 0 radical (unpaired) electrons. The van der Waals surface area contributed by atoms with Crippen molar-refractivity contribution in [2.75, 3.05) is 36.9 Å². The first-order valence-electron chi connectivity index (χ1n) is 15.6. The Morgan fingerprint density at radius 2 is 1.77 bits per heavy atom. The van der Waals surface area contributed by atoms with Gasteiger partial charge in [0.25, 0.3) is 0 Å². The number of imidazole rings is 2. The Morgan fingerprint density at radius 3 is 2.35 bits per heavy atom. The van der Waals surface area contributed by atoms with Gasteiger partial charge in [-0.1, -0.05) is 60.7 Å². The molecule has 0 saturated carbocycles. The first kappa shape index (κ1) is 31.2. The van der Waals surface area contributed by atoms with Crippen molar-refractivity contribution in [2.24, 2.45) is 0 Å². The molecule has 0 spiro atoms. The predicted molar refractivity (Wildman–Crippen MR) is 175 cm³/mol. The van der Waals surface area contributed by atoms with Crippen molar-refractivity contribution in [3.8, 4) is 0 Å². The molecule has 3 aromatic heterocycles. The molecular weight excluding hydrogens is 616 g/mol. The van der Waals surface area contributed by atoms with E-state index in [1.165, 1.54) is 10.9 Å². The van der Waals surface area contributed by atoms with Crippen molar-refractivity contribution in [2.45, 2.75) is 43.2 Å². The van der Waals surface area contributed by atoms with Crippen LogP contribution in [0.1, 0.15) is 36.6 Å². The average molecular weight is 653 g/mol. The van der Waals surface area contributed by atoms with Crippen molar-refractivity contribution >= 4 is 34.9 Å². The fraction of sp³-hybridized carbons (Fsp3) is 0.333. The minimum Gasteiger partial charge on any atom is -0.388 e. The smallest absolute Gasteiger partial charge is 0.324 e. The zero-order valence-corrected chi connectivity index (χ0v) is 26.4. The van der Waals surface area contributed by atoms with Gasteiger partial charge < -0.3 is 35.9 Å². The number of fused-ring (bicyclic) bond motifs is 1. The Labute approximate surface area is 275 Å². The summed E-state index contributed by atoms with van der Waals surface area (Å²) in [5.41, 5.74) is 1.11. The lowest BCUT2D eigenvalue weighted by molar-refractivity contribution is -0.146. The van der Waals surface area contributed by atoms with Crippen LogP contribution in [0.4, 0.5) is 16.6 Å². The van der Waals surface area contributed by atoms with E-state index in [1.807, 2.05) is 50.2 Å². The molecule has 2 aromatic carbocycles. The Hall–Kier alpha value is -5.38. The standard InChI is InChI=1S/C33H36N10O5/c1-32(2,24-14-34-18-37-24)41-30-39-28(35-13-22(20-9-5-3-6-10-20)21-11-7-4-8-12-21)26-29(40-30)43(19-38-26)33(27(46)23(44)16-48-33)17-42-25(45)15-36-31(42)47/h3-12,14,18-19,22-23,27,44,46H,13,15-17H2,1-2H3,(H,34,37)(H,36,47)(H2,35,39,40,41)/t23?,27-,33+/m0/s1. The molecule has 3 amide bonds. The summed E-state index contributed by atoms with van der Waals surface area (Å²) in [4.78, 5) is 47.8. The highest BCUT2D eigenvalue weighted by Gasteiger charge is 2.54. The number of aliphatic hydroxyl groups is 2. The maximum atomic E-state index is 12.7. The van der Waals surface area contributed by atoms with Crippen molar-refractivity contribution in [3.05, 3.63) is 96.3 Å². The Balaban J connectivity index is 1.33. The second-order valence-corrected chi connectivity index (χ2v) is 12.5. The summed E-state index contributed by atoms with van der Waals surface area (Å²) >= 11 is 0. The van der Waals surface area contributed by atoms with Crippen LogP contribution in [0.15, 0.2) is 79.5 Å². The van der Waals surface area contributed by atoms with Crippen LogP contribution >= 0.6 is 0 Å². The zero-order valence-electron chi connectivity index (χ0n) is 26.4. The van der Waals surface area contributed by atoms with Gasteiger partial charge in [0.15, 0.2) is 22.7 Å². The zero-order chi connectivity index (χ0) is 33.5. The van der Waals surface area contributed by atoms with Crippen LogP contribution in [-0.2, 0) is 20.8 Å². The number of H-pyrrole nitrogens is 1. The van der Waals surface area contributed by atoms with Crippen LogP contribution in [0.3, 0.4) is 0 Å². The highest BCUT2D eigenvalue weighted by molar-refractivity contribution is 6.02. The lowest BCUT2D eigenvalue weighted by Crippen LogP contribution is -2.54. The minimum absolute atomic E-state index is 0.0430. The average Bonchev–Trinajstić information content (AvgIpc) is 3.89. The first-order valence-corrected chi connectivity index (χ1v) is 15.6. The molecule has 0 bridgehead atoms. The van der Waals surface area contributed by atoms with E-state index in [4.69, 9.17) is 14.7 Å². The molecule has 3 atom stereocenters. The first-order chi connectivity index (χ1) is 23.2. The lowest BCUT2D eigenvalue weighted by Gasteiger charge is -2.35. The van der Waals surface area contributed by atoms with E-state index < -0.39 is 35.4 Å². The number of ether oxygens (including phenoxy) is 1. The van der Waals surface area contributed by atoms with Gasteiger partial charge in [-0.3, -0.25) is 14.3 Å². The number of imide groups is 1.